The highest BCUT2D eigenvalue weighted by Crippen LogP contribution is 2.22. The van der Waals surface area contributed by atoms with Crippen LogP contribution in [0, 0.1) is 12.7 Å². The fraction of sp³-hybridized carbons (Fsp3) is 0.188. The standard InChI is InChI=1S/C16H15FO3S/c1-11-2-7-14(16(18)19)15(10-11)20-8-9-21-13-5-3-12(17)4-6-13/h2-7,10H,8-9H2,1H3,(H,18,19). The largest absolute Gasteiger partial charge is 0.492 e. The summed E-state index contributed by atoms with van der Waals surface area (Å²) in [5.74, 6) is -0.238. The molecule has 1 N–H and O–H groups in total. The monoisotopic (exact) mass is 306 g/mol. The molecule has 0 spiro atoms. The van der Waals surface area contributed by atoms with E-state index in [0.717, 1.165) is 10.5 Å². The van der Waals surface area contributed by atoms with Crippen molar-refractivity contribution in [2.45, 2.75) is 11.8 Å². The van der Waals surface area contributed by atoms with Crippen LogP contribution in [-0.4, -0.2) is 23.4 Å². The molecule has 0 radical (unpaired) electrons. The van der Waals surface area contributed by atoms with E-state index in [4.69, 9.17) is 9.84 Å². The minimum absolute atomic E-state index is 0.160. The summed E-state index contributed by atoms with van der Waals surface area (Å²) >= 11 is 1.53. The third kappa shape index (κ3) is 4.49. The van der Waals surface area contributed by atoms with Crippen molar-refractivity contribution >= 4 is 17.7 Å². The smallest absolute Gasteiger partial charge is 0.339 e. The van der Waals surface area contributed by atoms with Crippen molar-refractivity contribution in [2.24, 2.45) is 0 Å². The quantitative estimate of drug-likeness (QED) is 0.647. The minimum atomic E-state index is -1.00. The van der Waals surface area contributed by atoms with E-state index in [0.29, 0.717) is 18.1 Å². The number of carboxylic acids is 1. The number of thioether (sulfide) groups is 1. The van der Waals surface area contributed by atoms with Crippen LogP contribution in [0.4, 0.5) is 4.39 Å². The first kappa shape index (κ1) is 15.4. The molecule has 110 valence electrons. The molecule has 0 aliphatic rings. The zero-order chi connectivity index (χ0) is 15.2. The Morgan fingerprint density at radius 3 is 2.62 bits per heavy atom. The van der Waals surface area contributed by atoms with Crippen molar-refractivity contribution in [1.29, 1.82) is 0 Å². The average Bonchev–Trinajstić information content (AvgIpc) is 2.45. The van der Waals surface area contributed by atoms with Crippen LogP contribution >= 0.6 is 11.8 Å². The molecule has 0 atom stereocenters. The Morgan fingerprint density at radius 1 is 1.24 bits per heavy atom. The summed E-state index contributed by atoms with van der Waals surface area (Å²) < 4.78 is 18.3. The Labute approximate surface area is 126 Å². The summed E-state index contributed by atoms with van der Waals surface area (Å²) in [5, 5.41) is 9.10. The normalized spacial score (nSPS) is 10.4. The van der Waals surface area contributed by atoms with Crippen LogP contribution in [0.25, 0.3) is 0 Å². The van der Waals surface area contributed by atoms with Crippen molar-refractivity contribution in [3.63, 3.8) is 0 Å². The van der Waals surface area contributed by atoms with Gasteiger partial charge in [0.25, 0.3) is 0 Å². The number of hydrogen-bond donors (Lipinski definition) is 1. The number of carboxylic acid groups (broad SMARTS) is 1. The first-order valence-electron chi connectivity index (χ1n) is 6.41. The molecule has 0 unspecified atom stereocenters. The zero-order valence-electron chi connectivity index (χ0n) is 11.5. The van der Waals surface area contributed by atoms with E-state index < -0.39 is 5.97 Å². The predicted octanol–water partition coefficient (Wildman–Crippen LogP) is 4.00. The molecule has 0 aromatic heterocycles. The molecule has 21 heavy (non-hydrogen) atoms. The molecule has 0 fully saturated rings. The highest BCUT2D eigenvalue weighted by atomic mass is 32.2. The van der Waals surface area contributed by atoms with E-state index in [1.54, 1.807) is 30.3 Å². The molecule has 2 aromatic carbocycles. The van der Waals surface area contributed by atoms with Crippen molar-refractivity contribution < 1.29 is 19.0 Å². The lowest BCUT2D eigenvalue weighted by molar-refractivity contribution is 0.0692. The average molecular weight is 306 g/mol. The molecule has 0 bridgehead atoms. The Morgan fingerprint density at radius 2 is 1.95 bits per heavy atom. The van der Waals surface area contributed by atoms with E-state index in [9.17, 15) is 9.18 Å². The summed E-state index contributed by atoms with van der Waals surface area (Å²) in [7, 11) is 0. The van der Waals surface area contributed by atoms with Gasteiger partial charge >= 0.3 is 5.97 Å². The van der Waals surface area contributed by atoms with Gasteiger partial charge in [-0.2, -0.15) is 0 Å². The summed E-state index contributed by atoms with van der Waals surface area (Å²) in [6.07, 6.45) is 0. The van der Waals surface area contributed by atoms with Crippen LogP contribution in [0.15, 0.2) is 47.4 Å². The molecule has 2 aromatic rings. The Balaban J connectivity index is 1.90. The number of benzene rings is 2. The van der Waals surface area contributed by atoms with E-state index in [2.05, 4.69) is 0 Å². The number of aromatic carboxylic acids is 1. The van der Waals surface area contributed by atoms with Crippen LogP contribution in [0.1, 0.15) is 15.9 Å². The molecule has 0 aliphatic heterocycles. The zero-order valence-corrected chi connectivity index (χ0v) is 12.3. The number of carbonyl (C=O) groups is 1. The Hall–Kier alpha value is -2.01. The second-order valence-corrected chi connectivity index (χ2v) is 5.62. The van der Waals surface area contributed by atoms with Gasteiger partial charge in [0.05, 0.1) is 6.61 Å². The van der Waals surface area contributed by atoms with E-state index in [1.807, 2.05) is 6.92 Å². The van der Waals surface area contributed by atoms with Crippen LogP contribution in [0.5, 0.6) is 5.75 Å². The molecular formula is C16H15FO3S. The van der Waals surface area contributed by atoms with Crippen LogP contribution in [-0.2, 0) is 0 Å². The van der Waals surface area contributed by atoms with Crippen molar-refractivity contribution in [3.8, 4) is 5.75 Å². The minimum Gasteiger partial charge on any atom is -0.492 e. The molecular weight excluding hydrogens is 291 g/mol. The lowest BCUT2D eigenvalue weighted by Gasteiger charge is -2.10. The summed E-state index contributed by atoms with van der Waals surface area (Å²) in [6, 6.07) is 11.2. The Kier molecular flexibility index (Phi) is 5.22. The maximum atomic E-state index is 12.8. The topological polar surface area (TPSA) is 46.5 Å². The molecule has 3 nitrogen and oxygen atoms in total. The molecule has 0 amide bonds. The highest BCUT2D eigenvalue weighted by Gasteiger charge is 2.11. The van der Waals surface area contributed by atoms with Gasteiger partial charge < -0.3 is 9.84 Å². The number of hydrogen-bond acceptors (Lipinski definition) is 3. The summed E-state index contributed by atoms with van der Waals surface area (Å²) in [4.78, 5) is 12.0. The van der Waals surface area contributed by atoms with Gasteiger partial charge in [-0.05, 0) is 48.9 Å². The fourth-order valence-electron chi connectivity index (χ4n) is 1.77. The molecule has 2 rings (SSSR count). The summed E-state index contributed by atoms with van der Waals surface area (Å²) in [6.45, 7) is 2.26. The molecule has 0 aliphatic carbocycles. The third-order valence-corrected chi connectivity index (χ3v) is 3.77. The molecule has 0 heterocycles. The second-order valence-electron chi connectivity index (χ2n) is 4.46. The number of ether oxygens (including phenoxy) is 1. The van der Waals surface area contributed by atoms with Gasteiger partial charge in [0.1, 0.15) is 17.1 Å². The number of halogens is 1. The lowest BCUT2D eigenvalue weighted by atomic mass is 10.1. The van der Waals surface area contributed by atoms with Crippen molar-refractivity contribution in [1.82, 2.24) is 0 Å². The first-order chi connectivity index (χ1) is 10.1. The fourth-order valence-corrected chi connectivity index (χ4v) is 2.50. The van der Waals surface area contributed by atoms with Gasteiger partial charge in [-0.1, -0.05) is 6.07 Å². The van der Waals surface area contributed by atoms with Crippen molar-refractivity contribution in [3.05, 3.63) is 59.4 Å². The highest BCUT2D eigenvalue weighted by molar-refractivity contribution is 7.99. The van der Waals surface area contributed by atoms with Gasteiger partial charge in [0, 0.05) is 10.6 Å². The third-order valence-electron chi connectivity index (χ3n) is 2.79. The van der Waals surface area contributed by atoms with Gasteiger partial charge in [0.15, 0.2) is 0 Å². The maximum absolute atomic E-state index is 12.8. The van der Waals surface area contributed by atoms with Gasteiger partial charge in [-0.25, -0.2) is 9.18 Å². The molecule has 0 saturated carbocycles. The van der Waals surface area contributed by atoms with Crippen LogP contribution in [0.3, 0.4) is 0 Å². The van der Waals surface area contributed by atoms with E-state index in [-0.39, 0.29) is 11.4 Å². The van der Waals surface area contributed by atoms with Gasteiger partial charge in [-0.15, -0.1) is 11.8 Å². The van der Waals surface area contributed by atoms with Crippen LogP contribution < -0.4 is 4.74 Å². The van der Waals surface area contributed by atoms with Gasteiger partial charge in [-0.3, -0.25) is 0 Å². The molecule has 5 heteroatoms. The van der Waals surface area contributed by atoms with E-state index >= 15 is 0 Å². The predicted molar refractivity (Wildman–Crippen MR) is 80.8 cm³/mol. The first-order valence-corrected chi connectivity index (χ1v) is 7.40. The molecule has 0 saturated heterocycles. The van der Waals surface area contributed by atoms with Gasteiger partial charge in [0.2, 0.25) is 0 Å². The number of aryl methyl sites for hydroxylation is 1. The number of rotatable bonds is 6. The van der Waals surface area contributed by atoms with Crippen LogP contribution in [0.2, 0.25) is 0 Å². The summed E-state index contributed by atoms with van der Waals surface area (Å²) in [5.41, 5.74) is 1.11. The maximum Gasteiger partial charge on any atom is 0.339 e. The van der Waals surface area contributed by atoms with E-state index in [1.165, 1.54) is 23.9 Å². The van der Waals surface area contributed by atoms with Crippen molar-refractivity contribution in [2.75, 3.05) is 12.4 Å². The SMILES string of the molecule is Cc1ccc(C(=O)O)c(OCCSc2ccc(F)cc2)c1. The second kappa shape index (κ2) is 7.13. The lowest BCUT2D eigenvalue weighted by Crippen LogP contribution is -2.06. The Bertz CT molecular complexity index is 626.